The summed E-state index contributed by atoms with van der Waals surface area (Å²) in [7, 11) is 1.65. The highest BCUT2D eigenvalue weighted by Gasteiger charge is 2.44. The summed E-state index contributed by atoms with van der Waals surface area (Å²) in [5, 5.41) is 9.74. The minimum absolute atomic E-state index is 0.0813. The van der Waals surface area contributed by atoms with Crippen LogP contribution in [0.3, 0.4) is 0 Å². The molecule has 0 aliphatic carbocycles. The molecule has 23 heavy (non-hydrogen) atoms. The van der Waals surface area contributed by atoms with Gasteiger partial charge in [0.15, 0.2) is 6.29 Å². The molecule has 1 N–H and O–H groups in total. The average Bonchev–Trinajstić information content (AvgIpc) is 2.61. The van der Waals surface area contributed by atoms with E-state index in [0.717, 1.165) is 17.1 Å². The normalized spacial score (nSPS) is 28.2. The van der Waals surface area contributed by atoms with Gasteiger partial charge in [0.05, 0.1) is 11.2 Å². The third-order valence-electron chi connectivity index (χ3n) is 3.72. The van der Waals surface area contributed by atoms with Crippen LogP contribution in [0.4, 0.5) is 0 Å². The van der Waals surface area contributed by atoms with Gasteiger partial charge >= 0.3 is 0 Å². The third-order valence-corrected chi connectivity index (χ3v) is 6.40. The van der Waals surface area contributed by atoms with Gasteiger partial charge in [0, 0.05) is 12.7 Å². The molecule has 130 valence electrons. The molecule has 0 amide bonds. The lowest BCUT2D eigenvalue weighted by Crippen LogP contribution is -2.53. The molecule has 0 unspecified atom stereocenters. The van der Waals surface area contributed by atoms with Crippen molar-refractivity contribution in [3.8, 4) is 0 Å². The highest BCUT2D eigenvalue weighted by molar-refractivity contribution is 8.17. The Morgan fingerprint density at radius 3 is 2.30 bits per heavy atom. The van der Waals surface area contributed by atoms with E-state index < -0.39 is 6.29 Å². The Balaban J connectivity index is 2.24. The van der Waals surface area contributed by atoms with Crippen molar-refractivity contribution < 1.29 is 19.3 Å². The van der Waals surface area contributed by atoms with Gasteiger partial charge in [-0.3, -0.25) is 0 Å². The maximum atomic E-state index is 9.74. The maximum Gasteiger partial charge on any atom is 0.184 e. The summed E-state index contributed by atoms with van der Waals surface area (Å²) in [6, 6.07) is 9.86. The number of methoxy groups -OCH3 is 1. The Hall–Kier alpha value is -0.240. The summed E-state index contributed by atoms with van der Waals surface area (Å²) in [5.74, 6) is 2.02. The van der Waals surface area contributed by atoms with Gasteiger partial charge < -0.3 is 19.3 Å². The molecule has 0 spiro atoms. The minimum Gasteiger partial charge on any atom is -0.394 e. The summed E-state index contributed by atoms with van der Waals surface area (Å²) >= 11 is 3.71. The molecule has 1 aromatic rings. The number of rotatable bonds is 8. The van der Waals surface area contributed by atoms with Crippen LogP contribution in [0.25, 0.3) is 0 Å². The number of aliphatic hydroxyl groups excluding tert-OH is 1. The Labute approximate surface area is 147 Å². The highest BCUT2D eigenvalue weighted by atomic mass is 32.2. The van der Waals surface area contributed by atoms with Crippen molar-refractivity contribution in [1.82, 2.24) is 0 Å². The lowest BCUT2D eigenvalue weighted by atomic mass is 10.1. The van der Waals surface area contributed by atoms with Crippen LogP contribution in [0.15, 0.2) is 30.3 Å². The molecule has 4 nitrogen and oxygen atoms in total. The molecule has 6 heteroatoms. The predicted octanol–water partition coefficient (Wildman–Crippen LogP) is 3.31. The first kappa shape index (κ1) is 19.1. The van der Waals surface area contributed by atoms with Crippen LogP contribution in [-0.2, 0) is 14.2 Å². The second-order valence-corrected chi connectivity index (χ2v) is 8.32. The molecular formula is C17H26O4S2. The van der Waals surface area contributed by atoms with E-state index in [2.05, 4.69) is 13.8 Å². The van der Waals surface area contributed by atoms with Gasteiger partial charge in [-0.15, -0.1) is 23.5 Å². The molecule has 1 saturated heterocycles. The summed E-state index contributed by atoms with van der Waals surface area (Å²) < 4.78 is 18.1. The third kappa shape index (κ3) is 4.87. The van der Waals surface area contributed by atoms with Gasteiger partial charge in [-0.2, -0.15) is 0 Å². The molecule has 0 aromatic heterocycles. The van der Waals surface area contributed by atoms with Crippen LogP contribution >= 0.6 is 23.5 Å². The summed E-state index contributed by atoms with van der Waals surface area (Å²) in [6.07, 6.45) is -1.27. The number of hydrogen-bond donors (Lipinski definition) is 1. The number of aliphatic hydroxyl groups is 1. The van der Waals surface area contributed by atoms with Gasteiger partial charge in [-0.25, -0.2) is 0 Å². The summed E-state index contributed by atoms with van der Waals surface area (Å²) in [5.41, 5.74) is 0.965. The number of benzene rings is 1. The van der Waals surface area contributed by atoms with Crippen LogP contribution in [0.1, 0.15) is 25.7 Å². The smallest absolute Gasteiger partial charge is 0.184 e. The van der Waals surface area contributed by atoms with E-state index in [-0.39, 0.29) is 29.5 Å². The second kappa shape index (κ2) is 9.91. The van der Waals surface area contributed by atoms with Crippen molar-refractivity contribution in [1.29, 1.82) is 0 Å². The van der Waals surface area contributed by atoms with Crippen molar-refractivity contribution in [3.05, 3.63) is 35.9 Å². The zero-order valence-electron chi connectivity index (χ0n) is 13.9. The average molecular weight is 359 g/mol. The van der Waals surface area contributed by atoms with E-state index in [9.17, 15) is 5.11 Å². The molecule has 1 aromatic carbocycles. The van der Waals surface area contributed by atoms with Crippen LogP contribution in [0, 0.1) is 0 Å². The van der Waals surface area contributed by atoms with E-state index in [0.29, 0.717) is 0 Å². The zero-order chi connectivity index (χ0) is 16.7. The van der Waals surface area contributed by atoms with Crippen LogP contribution in [0.2, 0.25) is 0 Å². The van der Waals surface area contributed by atoms with Crippen LogP contribution in [-0.4, -0.2) is 53.2 Å². The van der Waals surface area contributed by atoms with Gasteiger partial charge in [-0.1, -0.05) is 44.2 Å². The quantitative estimate of drug-likeness (QED) is 0.720. The van der Waals surface area contributed by atoms with E-state index in [1.54, 1.807) is 7.11 Å². The van der Waals surface area contributed by atoms with Crippen molar-refractivity contribution in [2.24, 2.45) is 0 Å². The molecule has 0 radical (unpaired) electrons. The number of thioether (sulfide) groups is 2. The fourth-order valence-corrected chi connectivity index (χ4v) is 5.36. The standard InChI is InChI=1S/C17H26O4S2/c1-4-22-17(23-5-2)15-14(19-3)13(11-18)20-16(21-15)12-9-7-6-8-10-12/h6-10,13-18H,4-5,11H2,1-3H3/t13-,14+,15-,16-/m1/s1. The maximum absolute atomic E-state index is 9.74. The van der Waals surface area contributed by atoms with Gasteiger partial charge in [-0.05, 0) is 11.5 Å². The highest BCUT2D eigenvalue weighted by Crippen LogP contribution is 2.39. The van der Waals surface area contributed by atoms with Gasteiger partial charge in [0.25, 0.3) is 0 Å². The topological polar surface area (TPSA) is 47.9 Å². The van der Waals surface area contributed by atoms with Crippen molar-refractivity contribution in [2.75, 3.05) is 25.2 Å². The van der Waals surface area contributed by atoms with E-state index >= 15 is 0 Å². The SMILES string of the molecule is CCSC(SCC)[C@@H]1O[C@H](c2ccccc2)O[C@H](CO)[C@@H]1OC. The first-order valence-corrected chi connectivity index (χ1v) is 10.1. The van der Waals surface area contributed by atoms with Crippen molar-refractivity contribution in [3.63, 3.8) is 0 Å². The number of hydrogen-bond acceptors (Lipinski definition) is 6. The minimum atomic E-state index is -0.470. The molecule has 1 aliphatic heterocycles. The Kier molecular flexibility index (Phi) is 8.23. The van der Waals surface area contributed by atoms with Crippen LogP contribution in [0.5, 0.6) is 0 Å². The lowest BCUT2D eigenvalue weighted by Gasteiger charge is -2.43. The summed E-state index contributed by atoms with van der Waals surface area (Å²) in [4.78, 5) is 0. The van der Waals surface area contributed by atoms with Gasteiger partial charge in [0.1, 0.15) is 18.3 Å². The molecule has 4 atom stereocenters. The Morgan fingerprint density at radius 1 is 1.13 bits per heavy atom. The van der Waals surface area contributed by atoms with Crippen LogP contribution < -0.4 is 0 Å². The molecule has 2 rings (SSSR count). The summed E-state index contributed by atoms with van der Waals surface area (Å²) in [6.45, 7) is 4.21. The molecule has 1 fully saturated rings. The molecule has 1 heterocycles. The zero-order valence-corrected chi connectivity index (χ0v) is 15.5. The van der Waals surface area contributed by atoms with Crippen molar-refractivity contribution >= 4 is 23.5 Å². The Morgan fingerprint density at radius 2 is 1.78 bits per heavy atom. The molecule has 0 bridgehead atoms. The van der Waals surface area contributed by atoms with E-state index in [1.807, 2.05) is 53.9 Å². The second-order valence-electron chi connectivity index (χ2n) is 5.18. The number of ether oxygens (including phenoxy) is 3. The van der Waals surface area contributed by atoms with E-state index in [1.165, 1.54) is 0 Å². The fourth-order valence-electron chi connectivity index (χ4n) is 2.69. The first-order chi connectivity index (χ1) is 11.2. The Bertz CT molecular complexity index is 439. The first-order valence-electron chi connectivity index (χ1n) is 7.97. The van der Waals surface area contributed by atoms with E-state index in [4.69, 9.17) is 14.2 Å². The fraction of sp³-hybridized carbons (Fsp3) is 0.647. The van der Waals surface area contributed by atoms with Crippen molar-refractivity contribution in [2.45, 2.75) is 43.0 Å². The monoisotopic (exact) mass is 358 g/mol. The molecule has 0 saturated carbocycles. The predicted molar refractivity (Wildman–Crippen MR) is 96.9 cm³/mol. The molecule has 1 aliphatic rings. The lowest BCUT2D eigenvalue weighted by molar-refractivity contribution is -0.294. The molecular weight excluding hydrogens is 332 g/mol. The van der Waals surface area contributed by atoms with Gasteiger partial charge in [0.2, 0.25) is 0 Å². The largest absolute Gasteiger partial charge is 0.394 e.